The first-order chi connectivity index (χ1) is 8.63. The van der Waals surface area contributed by atoms with Crippen molar-refractivity contribution in [2.75, 3.05) is 0 Å². The van der Waals surface area contributed by atoms with Crippen LogP contribution >= 0.6 is 0 Å². The fourth-order valence-corrected chi connectivity index (χ4v) is 1.67. The highest BCUT2D eigenvalue weighted by Gasteiger charge is 2.19. The highest BCUT2D eigenvalue weighted by atomic mass is 16.6. The molecule has 0 aromatic heterocycles. The van der Waals surface area contributed by atoms with Gasteiger partial charge in [-0.15, -0.1) is 0 Å². The summed E-state index contributed by atoms with van der Waals surface area (Å²) in [6.45, 7) is 0. The Bertz CT molecular complexity index is 608. The molecule has 0 aliphatic heterocycles. The summed E-state index contributed by atoms with van der Waals surface area (Å²) in [5.41, 5.74) is 0.687. The average molecular weight is 243 g/mol. The van der Waals surface area contributed by atoms with Gasteiger partial charge in [0.05, 0.1) is 10.5 Å². The summed E-state index contributed by atoms with van der Waals surface area (Å²) in [5, 5.41) is 20.4. The van der Waals surface area contributed by atoms with Gasteiger partial charge in [0.2, 0.25) is 5.75 Å². The van der Waals surface area contributed by atoms with Crippen LogP contribution in [0, 0.1) is 10.1 Å². The third kappa shape index (κ3) is 2.06. The zero-order valence-corrected chi connectivity index (χ0v) is 9.24. The smallest absolute Gasteiger partial charge is 0.312 e. The Morgan fingerprint density at radius 2 is 1.78 bits per heavy atom. The lowest BCUT2D eigenvalue weighted by Crippen LogP contribution is -1.93. The molecule has 2 aromatic carbocycles. The van der Waals surface area contributed by atoms with Crippen LogP contribution in [-0.4, -0.2) is 16.3 Å². The van der Waals surface area contributed by atoms with E-state index in [1.807, 2.05) is 6.07 Å². The molecule has 90 valence electrons. The Morgan fingerprint density at radius 3 is 2.33 bits per heavy atom. The third-order valence-electron chi connectivity index (χ3n) is 2.55. The van der Waals surface area contributed by atoms with Gasteiger partial charge in [-0.25, -0.2) is 0 Å². The Kier molecular flexibility index (Phi) is 3.05. The summed E-state index contributed by atoms with van der Waals surface area (Å²) in [6.07, 6.45) is 0.398. The van der Waals surface area contributed by atoms with Crippen LogP contribution in [0.5, 0.6) is 5.75 Å². The van der Waals surface area contributed by atoms with Crippen LogP contribution < -0.4 is 0 Å². The monoisotopic (exact) mass is 243 g/mol. The zero-order valence-electron chi connectivity index (χ0n) is 9.24. The fourth-order valence-electron chi connectivity index (χ4n) is 1.67. The SMILES string of the molecule is O=Cc1cc(-c2ccccc2)cc([N+](=O)[O-])c1O. The number of benzene rings is 2. The van der Waals surface area contributed by atoms with Crippen molar-refractivity contribution in [3.05, 3.63) is 58.1 Å². The molecule has 0 bridgehead atoms. The maximum Gasteiger partial charge on any atom is 0.312 e. The van der Waals surface area contributed by atoms with Crippen LogP contribution in [0.15, 0.2) is 42.5 Å². The minimum Gasteiger partial charge on any atom is -0.502 e. The molecule has 0 unspecified atom stereocenters. The number of phenols is 1. The number of carbonyl (C=O) groups excluding carboxylic acids is 1. The molecular formula is C13H9NO4. The van der Waals surface area contributed by atoms with E-state index in [0.29, 0.717) is 11.8 Å². The summed E-state index contributed by atoms with van der Waals surface area (Å²) < 4.78 is 0. The Balaban J connectivity index is 2.67. The lowest BCUT2D eigenvalue weighted by atomic mass is 10.0. The van der Waals surface area contributed by atoms with E-state index in [1.165, 1.54) is 12.1 Å². The van der Waals surface area contributed by atoms with E-state index in [0.717, 1.165) is 5.56 Å². The molecule has 0 radical (unpaired) electrons. The summed E-state index contributed by atoms with van der Waals surface area (Å²) in [6, 6.07) is 11.6. The largest absolute Gasteiger partial charge is 0.502 e. The summed E-state index contributed by atoms with van der Waals surface area (Å²) in [4.78, 5) is 20.9. The number of rotatable bonds is 3. The highest BCUT2D eigenvalue weighted by molar-refractivity contribution is 5.86. The van der Waals surface area contributed by atoms with Crippen molar-refractivity contribution in [3.8, 4) is 16.9 Å². The quantitative estimate of drug-likeness (QED) is 0.510. The molecule has 0 saturated carbocycles. The van der Waals surface area contributed by atoms with Gasteiger partial charge in [-0.05, 0) is 17.2 Å². The molecule has 0 aliphatic carbocycles. The van der Waals surface area contributed by atoms with Crippen molar-refractivity contribution in [1.29, 1.82) is 0 Å². The van der Waals surface area contributed by atoms with Crippen LogP contribution in [0.4, 0.5) is 5.69 Å². The molecule has 5 heteroatoms. The first-order valence-corrected chi connectivity index (χ1v) is 5.15. The van der Waals surface area contributed by atoms with E-state index in [9.17, 15) is 20.0 Å². The van der Waals surface area contributed by atoms with Crippen molar-refractivity contribution < 1.29 is 14.8 Å². The van der Waals surface area contributed by atoms with Gasteiger partial charge in [-0.3, -0.25) is 14.9 Å². The number of aromatic hydroxyl groups is 1. The van der Waals surface area contributed by atoms with E-state index in [1.54, 1.807) is 24.3 Å². The van der Waals surface area contributed by atoms with Gasteiger partial charge in [0.1, 0.15) is 0 Å². The lowest BCUT2D eigenvalue weighted by Gasteiger charge is -2.05. The molecule has 0 aliphatic rings. The van der Waals surface area contributed by atoms with Gasteiger partial charge in [0.15, 0.2) is 6.29 Å². The number of hydrogen-bond donors (Lipinski definition) is 1. The van der Waals surface area contributed by atoms with Crippen molar-refractivity contribution in [2.45, 2.75) is 0 Å². The van der Waals surface area contributed by atoms with Crippen molar-refractivity contribution in [3.63, 3.8) is 0 Å². The average Bonchev–Trinajstić information content (AvgIpc) is 2.39. The van der Waals surface area contributed by atoms with Crippen LogP contribution in [0.2, 0.25) is 0 Å². The van der Waals surface area contributed by atoms with Crippen LogP contribution in [-0.2, 0) is 0 Å². The van der Waals surface area contributed by atoms with E-state index in [4.69, 9.17) is 0 Å². The van der Waals surface area contributed by atoms with Crippen molar-refractivity contribution in [1.82, 2.24) is 0 Å². The van der Waals surface area contributed by atoms with Crippen molar-refractivity contribution >= 4 is 12.0 Å². The van der Waals surface area contributed by atoms with Gasteiger partial charge in [-0.1, -0.05) is 30.3 Å². The standard InChI is InChI=1S/C13H9NO4/c15-8-11-6-10(9-4-2-1-3-5-9)7-12(13(11)16)14(17)18/h1-8,16H. The summed E-state index contributed by atoms with van der Waals surface area (Å²) in [5.74, 6) is -0.602. The van der Waals surface area contributed by atoms with Crippen molar-refractivity contribution in [2.24, 2.45) is 0 Å². The fraction of sp³-hybridized carbons (Fsp3) is 0. The van der Waals surface area contributed by atoms with E-state index in [2.05, 4.69) is 0 Å². The second-order valence-corrected chi connectivity index (χ2v) is 3.67. The van der Waals surface area contributed by atoms with Gasteiger partial charge >= 0.3 is 5.69 Å². The highest BCUT2D eigenvalue weighted by Crippen LogP contribution is 2.34. The molecule has 0 saturated heterocycles. The molecule has 5 nitrogen and oxygen atoms in total. The predicted octanol–water partition coefficient (Wildman–Crippen LogP) is 2.78. The number of phenolic OH excluding ortho intramolecular Hbond substituents is 1. The van der Waals surface area contributed by atoms with Crippen LogP contribution in [0.25, 0.3) is 11.1 Å². The Morgan fingerprint density at radius 1 is 1.11 bits per heavy atom. The summed E-state index contributed by atoms with van der Waals surface area (Å²) in [7, 11) is 0. The molecule has 18 heavy (non-hydrogen) atoms. The predicted molar refractivity (Wildman–Crippen MR) is 65.6 cm³/mol. The molecule has 1 N–H and O–H groups in total. The molecular weight excluding hydrogens is 234 g/mol. The van der Waals surface area contributed by atoms with Gasteiger partial charge in [-0.2, -0.15) is 0 Å². The molecule has 0 spiro atoms. The molecule has 0 fully saturated rings. The third-order valence-corrected chi connectivity index (χ3v) is 2.55. The normalized spacial score (nSPS) is 10.0. The van der Waals surface area contributed by atoms with E-state index >= 15 is 0 Å². The minimum atomic E-state index is -0.714. The lowest BCUT2D eigenvalue weighted by molar-refractivity contribution is -0.385. The molecule has 2 aromatic rings. The Labute approximate surface area is 102 Å². The molecule has 2 rings (SSSR count). The van der Waals surface area contributed by atoms with E-state index in [-0.39, 0.29) is 5.56 Å². The van der Waals surface area contributed by atoms with Gasteiger partial charge in [0, 0.05) is 6.07 Å². The maximum absolute atomic E-state index is 10.8. The van der Waals surface area contributed by atoms with Gasteiger partial charge < -0.3 is 5.11 Å². The van der Waals surface area contributed by atoms with Crippen LogP contribution in [0.1, 0.15) is 10.4 Å². The number of carbonyl (C=O) groups is 1. The number of nitro groups is 1. The molecule has 0 amide bonds. The number of aldehydes is 1. The topological polar surface area (TPSA) is 80.4 Å². The second kappa shape index (κ2) is 4.67. The number of hydrogen-bond acceptors (Lipinski definition) is 4. The van der Waals surface area contributed by atoms with Gasteiger partial charge in [0.25, 0.3) is 0 Å². The maximum atomic E-state index is 10.8. The summed E-state index contributed by atoms with van der Waals surface area (Å²) >= 11 is 0. The zero-order chi connectivity index (χ0) is 13.1. The molecule has 0 atom stereocenters. The Hall–Kier alpha value is -2.69. The minimum absolute atomic E-state index is 0.0944. The first-order valence-electron chi connectivity index (χ1n) is 5.15. The second-order valence-electron chi connectivity index (χ2n) is 3.67. The number of nitro benzene ring substituents is 1. The number of nitrogens with zero attached hydrogens (tertiary/aromatic N) is 1. The van der Waals surface area contributed by atoms with E-state index < -0.39 is 16.4 Å². The van der Waals surface area contributed by atoms with Crippen LogP contribution in [0.3, 0.4) is 0 Å². The molecule has 0 heterocycles. The first kappa shape index (κ1) is 11.8.